The summed E-state index contributed by atoms with van der Waals surface area (Å²) in [6.07, 6.45) is 0. The van der Waals surface area contributed by atoms with Crippen molar-refractivity contribution in [3.05, 3.63) is 59.2 Å². The third kappa shape index (κ3) is 3.62. The molecule has 2 aromatic carbocycles. The van der Waals surface area contributed by atoms with Gasteiger partial charge in [0.15, 0.2) is 10.9 Å². The molecule has 0 amide bonds. The van der Waals surface area contributed by atoms with Gasteiger partial charge < -0.3 is 5.32 Å². The second-order valence-electron chi connectivity index (χ2n) is 5.47. The first-order valence-corrected chi connectivity index (χ1v) is 8.10. The van der Waals surface area contributed by atoms with Gasteiger partial charge in [0.2, 0.25) is 0 Å². The number of carbonyl (C=O) groups is 1. The fourth-order valence-corrected chi connectivity index (χ4v) is 3.40. The molecule has 0 saturated carbocycles. The number of nitrogens with zero attached hydrogens (tertiary/aromatic N) is 1. The molecule has 5 heteroatoms. The zero-order valence-electron chi connectivity index (χ0n) is 13.3. The summed E-state index contributed by atoms with van der Waals surface area (Å²) in [5.41, 5.74) is 4.17. The Morgan fingerprint density at radius 3 is 2.52 bits per heavy atom. The number of anilines is 1. The van der Waals surface area contributed by atoms with Crippen LogP contribution in [0.15, 0.2) is 42.5 Å². The van der Waals surface area contributed by atoms with Crippen LogP contribution in [-0.2, 0) is 0 Å². The molecule has 0 saturated heterocycles. The Bertz CT molecular complexity index is 830. The zero-order valence-corrected chi connectivity index (χ0v) is 15.8. The highest BCUT2D eigenvalue weighted by atomic mass is 79.9. The van der Waals surface area contributed by atoms with Crippen molar-refractivity contribution in [3.63, 3.8) is 0 Å². The second kappa shape index (κ2) is 7.23. The topological polar surface area (TPSA) is 42.0 Å². The van der Waals surface area contributed by atoms with Crippen molar-refractivity contribution in [1.29, 1.82) is 0 Å². The summed E-state index contributed by atoms with van der Waals surface area (Å²) in [6.45, 7) is 6.04. The van der Waals surface area contributed by atoms with E-state index in [4.69, 9.17) is 0 Å². The van der Waals surface area contributed by atoms with Crippen molar-refractivity contribution in [1.82, 2.24) is 4.98 Å². The van der Waals surface area contributed by atoms with Gasteiger partial charge in [0.05, 0.1) is 16.3 Å². The maximum Gasteiger partial charge on any atom is 0.184 e. The molecule has 23 heavy (non-hydrogen) atoms. The summed E-state index contributed by atoms with van der Waals surface area (Å²) in [6, 6.07) is 13.2. The average Bonchev–Trinajstić information content (AvgIpc) is 2.94. The molecule has 1 N–H and O–H groups in total. The molecule has 0 aliphatic rings. The van der Waals surface area contributed by atoms with Crippen molar-refractivity contribution < 1.29 is 4.79 Å². The van der Waals surface area contributed by atoms with Gasteiger partial charge in [-0.1, -0.05) is 47.7 Å². The minimum Gasteiger partial charge on any atom is -0.352 e. The Labute approximate surface area is 150 Å². The smallest absolute Gasteiger partial charge is 0.184 e. The van der Waals surface area contributed by atoms with Crippen molar-refractivity contribution in [2.24, 2.45) is 0 Å². The van der Waals surface area contributed by atoms with E-state index in [1.165, 1.54) is 11.1 Å². The Morgan fingerprint density at radius 2 is 1.83 bits per heavy atom. The molecule has 1 unspecified atom stereocenters. The van der Waals surface area contributed by atoms with Crippen LogP contribution in [0.4, 0.5) is 5.13 Å². The first kappa shape index (κ1) is 17.6. The van der Waals surface area contributed by atoms with E-state index in [1.807, 2.05) is 37.3 Å². The van der Waals surface area contributed by atoms with E-state index < -0.39 is 0 Å². The Balaban J connectivity index is 0.00000192. The van der Waals surface area contributed by atoms with Crippen LogP contribution in [0.5, 0.6) is 0 Å². The first-order valence-electron chi connectivity index (χ1n) is 7.29. The predicted molar refractivity (Wildman–Crippen MR) is 103 cm³/mol. The number of fused-ring (bicyclic) bond motifs is 1. The number of hydrogen-bond acceptors (Lipinski definition) is 4. The number of thiazole rings is 1. The van der Waals surface area contributed by atoms with Crippen molar-refractivity contribution in [2.75, 3.05) is 5.32 Å². The number of halogens is 1. The highest BCUT2D eigenvalue weighted by Gasteiger charge is 2.16. The third-order valence-electron chi connectivity index (χ3n) is 3.88. The number of Topliss-reactive ketones (excluding diaryl/α,β-unsaturated/α-hetero) is 1. The van der Waals surface area contributed by atoms with Crippen molar-refractivity contribution in [2.45, 2.75) is 26.8 Å². The molecule has 120 valence electrons. The lowest BCUT2D eigenvalue weighted by Crippen LogP contribution is -2.26. The number of benzene rings is 2. The molecule has 0 aliphatic carbocycles. The maximum absolute atomic E-state index is 12.4. The van der Waals surface area contributed by atoms with E-state index in [-0.39, 0.29) is 28.8 Å². The molecule has 0 fully saturated rings. The van der Waals surface area contributed by atoms with Gasteiger partial charge in [-0.2, -0.15) is 0 Å². The van der Waals surface area contributed by atoms with Crippen LogP contribution in [0.25, 0.3) is 10.2 Å². The number of carbonyl (C=O) groups excluding carboxylic acids is 1. The zero-order chi connectivity index (χ0) is 15.7. The number of rotatable bonds is 4. The average molecular weight is 391 g/mol. The largest absolute Gasteiger partial charge is 0.352 e. The Morgan fingerprint density at radius 1 is 1.13 bits per heavy atom. The quantitative estimate of drug-likeness (QED) is 0.624. The molecule has 3 nitrogen and oxygen atoms in total. The molecule has 3 aromatic rings. The van der Waals surface area contributed by atoms with Gasteiger partial charge in [-0.25, -0.2) is 4.98 Å². The summed E-state index contributed by atoms with van der Waals surface area (Å²) < 4.78 is 1.14. The second-order valence-corrected chi connectivity index (χ2v) is 6.50. The first-order chi connectivity index (χ1) is 10.6. The van der Waals surface area contributed by atoms with E-state index in [0.717, 1.165) is 20.9 Å². The number of aryl methyl sites for hydroxylation is 2. The predicted octanol–water partition coefficient (Wildman–Crippen LogP) is 5.17. The SMILES string of the molecule is Br.Cc1ccc2sc(NC(C)C(=O)c3ccccc3)nc2c1C. The van der Waals surface area contributed by atoms with Gasteiger partial charge in [-0.15, -0.1) is 17.0 Å². The summed E-state index contributed by atoms with van der Waals surface area (Å²) >= 11 is 1.59. The molecule has 3 rings (SSSR count). The number of hydrogen-bond donors (Lipinski definition) is 1. The summed E-state index contributed by atoms with van der Waals surface area (Å²) in [7, 11) is 0. The van der Waals surface area contributed by atoms with E-state index in [9.17, 15) is 4.79 Å². The fourth-order valence-electron chi connectivity index (χ4n) is 2.39. The summed E-state index contributed by atoms with van der Waals surface area (Å²) in [5, 5.41) is 4.03. The molecule has 0 spiro atoms. The monoisotopic (exact) mass is 390 g/mol. The van der Waals surface area contributed by atoms with Crippen molar-refractivity contribution >= 4 is 49.4 Å². The Hall–Kier alpha value is -1.72. The van der Waals surface area contributed by atoms with Crippen LogP contribution in [0, 0.1) is 13.8 Å². The van der Waals surface area contributed by atoms with Crippen LogP contribution >= 0.6 is 28.3 Å². The summed E-state index contributed by atoms with van der Waals surface area (Å²) in [4.78, 5) is 17.0. The molecular formula is C18H19BrN2OS. The van der Waals surface area contributed by atoms with Gasteiger partial charge in [-0.05, 0) is 38.0 Å². The molecule has 0 radical (unpaired) electrons. The molecule has 1 heterocycles. The normalized spacial score (nSPS) is 11.8. The standard InChI is InChI=1S/C18H18N2OS.BrH/c1-11-9-10-15-16(12(11)2)20-18(22-15)19-13(3)17(21)14-7-5-4-6-8-14;/h4-10,13H,1-3H3,(H,19,20);1H. The van der Waals surface area contributed by atoms with E-state index in [0.29, 0.717) is 0 Å². The highest BCUT2D eigenvalue weighted by molar-refractivity contribution is 8.93. The fraction of sp³-hybridized carbons (Fsp3) is 0.222. The Kier molecular flexibility index (Phi) is 5.55. The van der Waals surface area contributed by atoms with Gasteiger partial charge >= 0.3 is 0 Å². The molecule has 0 bridgehead atoms. The van der Waals surface area contributed by atoms with Crippen LogP contribution in [0.2, 0.25) is 0 Å². The van der Waals surface area contributed by atoms with Crippen LogP contribution in [-0.4, -0.2) is 16.8 Å². The van der Waals surface area contributed by atoms with Crippen LogP contribution in [0.3, 0.4) is 0 Å². The lowest BCUT2D eigenvalue weighted by molar-refractivity contribution is 0.0975. The maximum atomic E-state index is 12.4. The molecule has 1 aromatic heterocycles. The van der Waals surface area contributed by atoms with Crippen molar-refractivity contribution in [3.8, 4) is 0 Å². The number of nitrogens with one attached hydrogen (secondary N) is 1. The third-order valence-corrected chi connectivity index (χ3v) is 4.83. The number of aromatic nitrogens is 1. The minimum atomic E-state index is -0.302. The highest BCUT2D eigenvalue weighted by Crippen LogP contribution is 2.30. The number of ketones is 1. The lowest BCUT2D eigenvalue weighted by atomic mass is 10.1. The van der Waals surface area contributed by atoms with Gasteiger partial charge in [0.1, 0.15) is 0 Å². The van der Waals surface area contributed by atoms with Gasteiger partial charge in [0.25, 0.3) is 0 Å². The minimum absolute atomic E-state index is 0. The van der Waals surface area contributed by atoms with Gasteiger partial charge in [0, 0.05) is 5.56 Å². The lowest BCUT2D eigenvalue weighted by Gasteiger charge is -2.11. The van der Waals surface area contributed by atoms with E-state index in [1.54, 1.807) is 11.3 Å². The van der Waals surface area contributed by atoms with Crippen LogP contribution in [0.1, 0.15) is 28.4 Å². The molecular weight excluding hydrogens is 372 g/mol. The van der Waals surface area contributed by atoms with E-state index in [2.05, 4.69) is 36.3 Å². The molecule has 1 atom stereocenters. The molecule has 0 aliphatic heterocycles. The van der Waals surface area contributed by atoms with Gasteiger partial charge in [-0.3, -0.25) is 4.79 Å². The van der Waals surface area contributed by atoms with E-state index >= 15 is 0 Å². The van der Waals surface area contributed by atoms with Crippen LogP contribution < -0.4 is 5.32 Å². The summed E-state index contributed by atoms with van der Waals surface area (Å²) in [5.74, 6) is 0.0766.